The van der Waals surface area contributed by atoms with Crippen LogP contribution in [0.5, 0.6) is 0 Å². The number of hydrogen-bond donors (Lipinski definition) is 2. The molecule has 27 heavy (non-hydrogen) atoms. The second kappa shape index (κ2) is 10.5. The number of alkyl halides is 3. The molecule has 0 unspecified atom stereocenters. The van der Waals surface area contributed by atoms with Crippen molar-refractivity contribution in [1.82, 2.24) is 14.9 Å². The Kier molecular flexibility index (Phi) is 9.04. The van der Waals surface area contributed by atoms with Crippen molar-refractivity contribution < 1.29 is 21.6 Å². The second-order valence-corrected chi connectivity index (χ2v) is 8.31. The molecule has 0 spiro atoms. The lowest BCUT2D eigenvalue weighted by molar-refractivity contribution is -0.137. The molecule has 0 bridgehead atoms. The summed E-state index contributed by atoms with van der Waals surface area (Å²) in [6.07, 6.45) is -3.15. The van der Waals surface area contributed by atoms with Gasteiger partial charge in [0.2, 0.25) is 10.0 Å². The van der Waals surface area contributed by atoms with Gasteiger partial charge in [-0.25, -0.2) is 12.7 Å². The van der Waals surface area contributed by atoms with Gasteiger partial charge in [-0.1, -0.05) is 12.1 Å². The molecule has 2 N–H and O–H groups in total. The molecule has 0 aliphatic heterocycles. The lowest BCUT2D eigenvalue weighted by atomic mass is 10.1. The monoisotopic (exact) mass is 408 g/mol. The molecule has 0 heterocycles. The van der Waals surface area contributed by atoms with Crippen molar-refractivity contribution in [2.75, 3.05) is 39.5 Å². The Bertz CT molecular complexity index is 704. The fourth-order valence-corrected chi connectivity index (χ4v) is 3.12. The highest BCUT2D eigenvalue weighted by atomic mass is 32.2. The molecule has 0 fully saturated rings. The number of rotatable bonds is 9. The van der Waals surface area contributed by atoms with Crippen LogP contribution < -0.4 is 10.6 Å². The summed E-state index contributed by atoms with van der Waals surface area (Å²) in [5, 5.41) is 6.16. The Hall–Kier alpha value is -1.81. The lowest BCUT2D eigenvalue weighted by Gasteiger charge is -2.17. The molecule has 0 amide bonds. The van der Waals surface area contributed by atoms with Crippen LogP contribution in [0.1, 0.15) is 24.5 Å². The van der Waals surface area contributed by atoms with Crippen molar-refractivity contribution in [3.8, 4) is 0 Å². The van der Waals surface area contributed by atoms with Gasteiger partial charge in [-0.15, -0.1) is 0 Å². The van der Waals surface area contributed by atoms with E-state index in [1.165, 1.54) is 16.4 Å². The fraction of sp³-hybridized carbons (Fsp3) is 0.588. The Morgan fingerprint density at radius 2 is 1.74 bits per heavy atom. The van der Waals surface area contributed by atoms with E-state index >= 15 is 0 Å². The molecule has 0 atom stereocenters. The molecular formula is C17H27F3N4O2S. The van der Waals surface area contributed by atoms with Gasteiger partial charge >= 0.3 is 6.18 Å². The first-order chi connectivity index (χ1) is 12.6. The average molecular weight is 408 g/mol. The first-order valence-corrected chi connectivity index (χ1v) is 10.3. The summed E-state index contributed by atoms with van der Waals surface area (Å²) >= 11 is 0. The number of guanidine groups is 1. The van der Waals surface area contributed by atoms with Gasteiger partial charge in [-0.2, -0.15) is 13.2 Å². The first-order valence-electron chi connectivity index (χ1n) is 8.64. The van der Waals surface area contributed by atoms with Crippen LogP contribution in [0.4, 0.5) is 13.2 Å². The number of halogens is 3. The Morgan fingerprint density at radius 1 is 1.15 bits per heavy atom. The summed E-state index contributed by atoms with van der Waals surface area (Å²) < 4.78 is 62.2. The summed E-state index contributed by atoms with van der Waals surface area (Å²) in [5.74, 6) is 0.632. The summed E-state index contributed by atoms with van der Waals surface area (Å²) in [6.45, 7) is 3.07. The summed E-state index contributed by atoms with van der Waals surface area (Å²) in [6, 6.07) is 5.07. The van der Waals surface area contributed by atoms with E-state index in [9.17, 15) is 21.6 Å². The normalized spacial score (nSPS) is 13.1. The third kappa shape index (κ3) is 8.17. The maximum Gasteiger partial charge on any atom is 0.416 e. The van der Waals surface area contributed by atoms with Crippen molar-refractivity contribution in [2.24, 2.45) is 4.99 Å². The molecule has 1 rings (SSSR count). The summed E-state index contributed by atoms with van der Waals surface area (Å²) in [7, 11) is -0.00860. The minimum Gasteiger partial charge on any atom is -0.356 e. The minimum absolute atomic E-state index is 0.0735. The van der Waals surface area contributed by atoms with E-state index in [0.29, 0.717) is 38.4 Å². The van der Waals surface area contributed by atoms with Crippen LogP contribution in [0.25, 0.3) is 0 Å². The van der Waals surface area contributed by atoms with Crippen LogP contribution in [0, 0.1) is 0 Å². The standard InChI is InChI=1S/C17H27F3N4O2S/c1-4-27(25,26)24(3)13-5-11-22-16(21-2)23-12-10-14-6-8-15(9-7-14)17(18,19)20/h6-9H,4-5,10-13H2,1-3H3,(H2,21,22,23). The van der Waals surface area contributed by atoms with Crippen LogP contribution in [0.2, 0.25) is 0 Å². The molecular weight excluding hydrogens is 381 g/mol. The molecule has 0 radical (unpaired) electrons. The molecule has 0 saturated carbocycles. The Morgan fingerprint density at radius 3 is 2.26 bits per heavy atom. The van der Waals surface area contributed by atoms with Gasteiger partial charge in [0, 0.05) is 33.7 Å². The highest BCUT2D eigenvalue weighted by Gasteiger charge is 2.29. The van der Waals surface area contributed by atoms with Crippen LogP contribution >= 0.6 is 0 Å². The van der Waals surface area contributed by atoms with Crippen molar-refractivity contribution >= 4 is 16.0 Å². The van der Waals surface area contributed by atoms with Crippen molar-refractivity contribution in [3.63, 3.8) is 0 Å². The predicted molar refractivity (Wildman–Crippen MR) is 101 cm³/mol. The van der Waals surface area contributed by atoms with Gasteiger partial charge < -0.3 is 10.6 Å². The second-order valence-electron chi connectivity index (χ2n) is 5.95. The SMILES string of the molecule is CCS(=O)(=O)N(C)CCCNC(=NC)NCCc1ccc(C(F)(F)F)cc1. The molecule has 6 nitrogen and oxygen atoms in total. The molecule has 154 valence electrons. The zero-order valence-electron chi connectivity index (χ0n) is 15.8. The zero-order chi connectivity index (χ0) is 20.5. The van der Waals surface area contributed by atoms with Gasteiger partial charge in [0.15, 0.2) is 5.96 Å². The fourth-order valence-electron chi connectivity index (χ4n) is 2.27. The number of sulfonamides is 1. The zero-order valence-corrected chi connectivity index (χ0v) is 16.6. The number of benzene rings is 1. The highest BCUT2D eigenvalue weighted by molar-refractivity contribution is 7.89. The third-order valence-corrected chi connectivity index (χ3v) is 5.85. The van der Waals surface area contributed by atoms with E-state index in [1.807, 2.05) is 0 Å². The smallest absolute Gasteiger partial charge is 0.356 e. The van der Waals surface area contributed by atoms with Gasteiger partial charge in [-0.05, 0) is 37.5 Å². The maximum absolute atomic E-state index is 12.5. The van der Waals surface area contributed by atoms with Gasteiger partial charge in [0.1, 0.15) is 0 Å². The van der Waals surface area contributed by atoms with Crippen molar-refractivity contribution in [1.29, 1.82) is 0 Å². The molecule has 10 heteroatoms. The van der Waals surface area contributed by atoms with E-state index in [2.05, 4.69) is 15.6 Å². The Labute approximate surface area is 158 Å². The van der Waals surface area contributed by atoms with Crippen LogP contribution in [-0.4, -0.2) is 58.2 Å². The number of nitrogens with one attached hydrogen (secondary N) is 2. The minimum atomic E-state index is -4.33. The number of nitrogens with zero attached hydrogens (tertiary/aromatic N) is 2. The van der Waals surface area contributed by atoms with E-state index in [1.54, 1.807) is 21.0 Å². The van der Waals surface area contributed by atoms with E-state index < -0.39 is 21.8 Å². The van der Waals surface area contributed by atoms with Crippen molar-refractivity contribution in [3.05, 3.63) is 35.4 Å². The topological polar surface area (TPSA) is 73.8 Å². The van der Waals surface area contributed by atoms with Crippen LogP contribution in [0.15, 0.2) is 29.3 Å². The molecule has 1 aromatic carbocycles. The van der Waals surface area contributed by atoms with Crippen LogP contribution in [-0.2, 0) is 22.6 Å². The third-order valence-electron chi connectivity index (χ3n) is 3.99. The quantitative estimate of drug-likeness (QED) is 0.373. The lowest BCUT2D eigenvalue weighted by Crippen LogP contribution is -2.39. The van der Waals surface area contributed by atoms with Gasteiger partial charge in [0.05, 0.1) is 11.3 Å². The average Bonchev–Trinajstić information content (AvgIpc) is 2.63. The molecule has 0 aromatic heterocycles. The largest absolute Gasteiger partial charge is 0.416 e. The molecule has 0 saturated heterocycles. The van der Waals surface area contributed by atoms with E-state index in [0.717, 1.165) is 17.7 Å². The van der Waals surface area contributed by atoms with Gasteiger partial charge in [0.25, 0.3) is 0 Å². The van der Waals surface area contributed by atoms with Gasteiger partial charge in [-0.3, -0.25) is 4.99 Å². The van der Waals surface area contributed by atoms with E-state index in [-0.39, 0.29) is 5.75 Å². The summed E-state index contributed by atoms with van der Waals surface area (Å²) in [4.78, 5) is 4.06. The Balaban J connectivity index is 2.32. The highest BCUT2D eigenvalue weighted by Crippen LogP contribution is 2.29. The molecule has 1 aromatic rings. The van der Waals surface area contributed by atoms with E-state index in [4.69, 9.17) is 0 Å². The maximum atomic E-state index is 12.5. The predicted octanol–water partition coefficient (Wildman–Crippen LogP) is 2.08. The first kappa shape index (κ1) is 23.2. The van der Waals surface area contributed by atoms with Crippen LogP contribution in [0.3, 0.4) is 0 Å². The molecule has 0 aliphatic rings. The van der Waals surface area contributed by atoms with Crippen molar-refractivity contribution in [2.45, 2.75) is 25.9 Å². The summed E-state index contributed by atoms with van der Waals surface area (Å²) in [5.41, 5.74) is 0.129. The molecule has 0 aliphatic carbocycles. The number of hydrogen-bond acceptors (Lipinski definition) is 3. The number of aliphatic imine (C=N–C) groups is 1.